The summed E-state index contributed by atoms with van der Waals surface area (Å²) in [4.78, 5) is 2.35. The zero-order chi connectivity index (χ0) is 31.5. The molecule has 7 aromatic carbocycles. The van der Waals surface area contributed by atoms with Crippen molar-refractivity contribution in [3.05, 3.63) is 175 Å². The van der Waals surface area contributed by atoms with Crippen LogP contribution in [-0.4, -0.2) is 0 Å². The average Bonchev–Trinajstić information content (AvgIpc) is 3.62. The van der Waals surface area contributed by atoms with Crippen molar-refractivity contribution in [2.45, 2.75) is 19.3 Å². The molecule has 1 aliphatic rings. The second kappa shape index (κ2) is 10.6. The molecule has 0 spiro atoms. The van der Waals surface area contributed by atoms with Gasteiger partial charge >= 0.3 is 0 Å². The Morgan fingerprint density at radius 3 is 1.98 bits per heavy atom. The molecule has 1 aliphatic carbocycles. The summed E-state index contributed by atoms with van der Waals surface area (Å²) >= 11 is 0. The first-order valence-corrected chi connectivity index (χ1v) is 16.3. The van der Waals surface area contributed by atoms with Crippen LogP contribution in [0.15, 0.2) is 168 Å². The Labute approximate surface area is 275 Å². The van der Waals surface area contributed by atoms with E-state index in [2.05, 4.69) is 170 Å². The molecular weight excluding hydrogens is 571 g/mol. The van der Waals surface area contributed by atoms with E-state index in [9.17, 15) is 0 Å². The van der Waals surface area contributed by atoms with Gasteiger partial charge in [-0.05, 0) is 93.0 Å². The van der Waals surface area contributed by atoms with E-state index in [1.165, 1.54) is 44.5 Å². The number of furan rings is 1. The molecule has 0 aliphatic heterocycles. The Kier molecular flexibility index (Phi) is 6.20. The second-order valence-corrected chi connectivity index (χ2v) is 12.9. The number of fused-ring (bicyclic) bond motifs is 6. The summed E-state index contributed by atoms with van der Waals surface area (Å²) in [6.07, 6.45) is 0. The van der Waals surface area contributed by atoms with E-state index in [0.29, 0.717) is 0 Å². The molecule has 8 aromatic rings. The fraction of sp³-hybridized carbons (Fsp3) is 0.0667. The number of anilines is 3. The highest BCUT2D eigenvalue weighted by Gasteiger charge is 2.37. The van der Waals surface area contributed by atoms with E-state index in [4.69, 9.17) is 4.42 Å². The highest BCUT2D eigenvalue weighted by atomic mass is 16.3. The topological polar surface area (TPSA) is 16.4 Å². The van der Waals surface area contributed by atoms with Crippen LogP contribution in [0, 0.1) is 0 Å². The van der Waals surface area contributed by atoms with Crippen LogP contribution in [0.25, 0.3) is 55.3 Å². The summed E-state index contributed by atoms with van der Waals surface area (Å²) in [5, 5.41) is 2.23. The second-order valence-electron chi connectivity index (χ2n) is 12.9. The van der Waals surface area contributed by atoms with Crippen LogP contribution in [0.3, 0.4) is 0 Å². The summed E-state index contributed by atoms with van der Waals surface area (Å²) in [7, 11) is 0. The molecule has 0 unspecified atom stereocenters. The lowest BCUT2D eigenvalue weighted by molar-refractivity contribution is 0.660. The highest BCUT2D eigenvalue weighted by molar-refractivity contribution is 6.13. The van der Waals surface area contributed by atoms with E-state index in [0.717, 1.165) is 39.0 Å². The highest BCUT2D eigenvalue weighted by Crippen LogP contribution is 2.53. The first-order chi connectivity index (χ1) is 23.1. The summed E-state index contributed by atoms with van der Waals surface area (Å²) < 4.78 is 6.31. The summed E-state index contributed by atoms with van der Waals surface area (Å²) in [5.41, 5.74) is 15.3. The maximum atomic E-state index is 6.31. The fourth-order valence-corrected chi connectivity index (χ4v) is 7.61. The Bertz CT molecular complexity index is 2440. The Morgan fingerprint density at radius 1 is 0.468 bits per heavy atom. The maximum absolute atomic E-state index is 6.31. The number of para-hydroxylation sites is 2. The monoisotopic (exact) mass is 603 g/mol. The minimum atomic E-state index is -0.0774. The Balaban J connectivity index is 1.22. The molecule has 224 valence electrons. The fourth-order valence-electron chi connectivity index (χ4n) is 7.61. The van der Waals surface area contributed by atoms with Crippen molar-refractivity contribution in [2.75, 3.05) is 4.90 Å². The third kappa shape index (κ3) is 4.33. The van der Waals surface area contributed by atoms with Gasteiger partial charge in [0.25, 0.3) is 0 Å². The molecule has 0 saturated heterocycles. The van der Waals surface area contributed by atoms with Crippen molar-refractivity contribution in [1.29, 1.82) is 0 Å². The van der Waals surface area contributed by atoms with Gasteiger partial charge in [-0.15, -0.1) is 0 Å². The van der Waals surface area contributed by atoms with E-state index >= 15 is 0 Å². The van der Waals surface area contributed by atoms with Crippen molar-refractivity contribution in [3.63, 3.8) is 0 Å². The van der Waals surface area contributed by atoms with Gasteiger partial charge in [0, 0.05) is 22.2 Å². The predicted molar refractivity (Wildman–Crippen MR) is 197 cm³/mol. The molecule has 1 aromatic heterocycles. The molecule has 0 saturated carbocycles. The van der Waals surface area contributed by atoms with Gasteiger partial charge in [0.2, 0.25) is 0 Å². The van der Waals surface area contributed by atoms with Crippen LogP contribution in [0.4, 0.5) is 17.1 Å². The molecule has 9 rings (SSSR count). The number of benzene rings is 7. The predicted octanol–water partition coefficient (Wildman–Crippen LogP) is 12.7. The lowest BCUT2D eigenvalue weighted by Gasteiger charge is -2.26. The quantitative estimate of drug-likeness (QED) is 0.195. The van der Waals surface area contributed by atoms with Gasteiger partial charge in [-0.1, -0.05) is 129 Å². The van der Waals surface area contributed by atoms with Crippen molar-refractivity contribution in [3.8, 4) is 33.4 Å². The molecule has 0 bridgehead atoms. The van der Waals surface area contributed by atoms with E-state index in [1.807, 2.05) is 12.1 Å². The SMILES string of the molecule is CC1(C)c2ccc(-c3cccc(N(c4ccccc4)c4cccc5oc6ccccc6c45)c3)cc2-c2c(-c3ccccc3)cccc21. The largest absolute Gasteiger partial charge is 0.456 e. The van der Waals surface area contributed by atoms with Crippen LogP contribution in [-0.2, 0) is 5.41 Å². The Hall–Kier alpha value is -5.86. The molecule has 0 atom stereocenters. The van der Waals surface area contributed by atoms with Crippen LogP contribution in [0.5, 0.6) is 0 Å². The van der Waals surface area contributed by atoms with Gasteiger partial charge < -0.3 is 9.32 Å². The van der Waals surface area contributed by atoms with Gasteiger partial charge in [-0.2, -0.15) is 0 Å². The molecule has 47 heavy (non-hydrogen) atoms. The summed E-state index contributed by atoms with van der Waals surface area (Å²) in [6.45, 7) is 4.70. The van der Waals surface area contributed by atoms with Crippen LogP contribution >= 0.6 is 0 Å². The zero-order valence-electron chi connectivity index (χ0n) is 26.4. The van der Waals surface area contributed by atoms with E-state index < -0.39 is 0 Å². The number of hydrogen-bond acceptors (Lipinski definition) is 2. The third-order valence-electron chi connectivity index (χ3n) is 9.86. The standard InChI is InChI=1S/C45H33NO/c1-45(2)38-27-26-32(29-37(38)43-35(21-12-22-39(43)45)30-14-5-3-6-15-30)31-16-11-19-34(28-31)46(33-17-7-4-8-18-33)40-23-13-25-42-44(40)36-20-9-10-24-41(36)47-42/h3-29H,1-2H3. The summed E-state index contributed by atoms with van der Waals surface area (Å²) in [6, 6.07) is 58.8. The van der Waals surface area contributed by atoms with Crippen LogP contribution < -0.4 is 4.90 Å². The van der Waals surface area contributed by atoms with Crippen molar-refractivity contribution in [1.82, 2.24) is 0 Å². The number of rotatable bonds is 5. The minimum Gasteiger partial charge on any atom is -0.456 e. The van der Waals surface area contributed by atoms with Crippen molar-refractivity contribution >= 4 is 39.0 Å². The van der Waals surface area contributed by atoms with Crippen LogP contribution in [0.1, 0.15) is 25.0 Å². The van der Waals surface area contributed by atoms with Gasteiger partial charge in [0.1, 0.15) is 11.2 Å². The molecule has 2 heteroatoms. The maximum Gasteiger partial charge on any atom is 0.137 e. The third-order valence-corrected chi connectivity index (χ3v) is 9.86. The smallest absolute Gasteiger partial charge is 0.137 e. The average molecular weight is 604 g/mol. The van der Waals surface area contributed by atoms with E-state index in [1.54, 1.807) is 0 Å². The van der Waals surface area contributed by atoms with Gasteiger partial charge in [0.05, 0.1) is 11.1 Å². The molecule has 0 fully saturated rings. The number of hydrogen-bond donors (Lipinski definition) is 0. The molecule has 2 nitrogen and oxygen atoms in total. The van der Waals surface area contributed by atoms with Gasteiger partial charge in [-0.3, -0.25) is 0 Å². The van der Waals surface area contributed by atoms with Gasteiger partial charge in [0.15, 0.2) is 0 Å². The van der Waals surface area contributed by atoms with Gasteiger partial charge in [-0.25, -0.2) is 0 Å². The molecular formula is C45H33NO. The Morgan fingerprint density at radius 2 is 1.13 bits per heavy atom. The lowest BCUT2D eigenvalue weighted by atomic mass is 9.81. The number of nitrogens with zero attached hydrogens (tertiary/aromatic N) is 1. The van der Waals surface area contributed by atoms with E-state index in [-0.39, 0.29) is 5.41 Å². The molecule has 0 radical (unpaired) electrons. The normalized spacial score (nSPS) is 13.1. The lowest BCUT2D eigenvalue weighted by Crippen LogP contribution is -2.14. The van der Waals surface area contributed by atoms with Crippen LogP contribution in [0.2, 0.25) is 0 Å². The first-order valence-electron chi connectivity index (χ1n) is 16.3. The van der Waals surface area contributed by atoms with Crippen molar-refractivity contribution in [2.24, 2.45) is 0 Å². The zero-order valence-corrected chi connectivity index (χ0v) is 26.4. The molecule has 1 heterocycles. The molecule has 0 amide bonds. The van der Waals surface area contributed by atoms with Crippen molar-refractivity contribution < 1.29 is 4.42 Å². The minimum absolute atomic E-state index is 0.0774. The summed E-state index contributed by atoms with van der Waals surface area (Å²) in [5.74, 6) is 0. The first kappa shape index (κ1) is 27.5. The molecule has 0 N–H and O–H groups in total.